The number of nitro groups is 1. The van der Waals surface area contributed by atoms with Gasteiger partial charge in [-0.25, -0.2) is 15.0 Å². The van der Waals surface area contributed by atoms with Crippen LogP contribution in [0.4, 0.5) is 23.1 Å². The van der Waals surface area contributed by atoms with Gasteiger partial charge in [0.2, 0.25) is 11.6 Å². The molecule has 0 atom stereocenters. The Balaban J connectivity index is 1.97. The quantitative estimate of drug-likeness (QED) is 0.684. The average Bonchev–Trinajstić information content (AvgIpc) is 2.55. The first-order valence-corrected chi connectivity index (χ1v) is 7.59. The number of hydrogen-bond donors (Lipinski definition) is 1. The molecule has 1 aliphatic rings. The molecule has 3 rings (SSSR count). The second-order valence-electron chi connectivity index (χ2n) is 5.54. The number of rotatable bonds is 4. The van der Waals surface area contributed by atoms with E-state index in [2.05, 4.69) is 20.3 Å². The van der Waals surface area contributed by atoms with Gasteiger partial charge in [-0.1, -0.05) is 0 Å². The molecule has 2 aromatic rings. The van der Waals surface area contributed by atoms with E-state index >= 15 is 0 Å². The minimum absolute atomic E-state index is 0.0993. The Hall–Kier alpha value is -2.77. The Labute approximate surface area is 133 Å². The SMILES string of the molecule is Cc1ccnc(Nc2ncnc(N3CCCCC3)c2[N+](=O)[O-])c1. The maximum absolute atomic E-state index is 11.6. The van der Waals surface area contributed by atoms with Crippen molar-refractivity contribution in [1.82, 2.24) is 15.0 Å². The van der Waals surface area contributed by atoms with E-state index in [9.17, 15) is 10.1 Å². The number of nitrogens with one attached hydrogen (secondary N) is 1. The van der Waals surface area contributed by atoms with Crippen LogP contribution in [0.15, 0.2) is 24.7 Å². The van der Waals surface area contributed by atoms with Gasteiger partial charge in [0.05, 0.1) is 4.92 Å². The molecule has 1 aliphatic heterocycles. The van der Waals surface area contributed by atoms with Crippen molar-refractivity contribution in [2.24, 2.45) is 0 Å². The van der Waals surface area contributed by atoms with Gasteiger partial charge >= 0.3 is 5.69 Å². The van der Waals surface area contributed by atoms with Crippen LogP contribution in [-0.4, -0.2) is 33.0 Å². The Morgan fingerprint density at radius 1 is 1.22 bits per heavy atom. The summed E-state index contributed by atoms with van der Waals surface area (Å²) in [5.41, 5.74) is 0.910. The third-order valence-corrected chi connectivity index (χ3v) is 3.80. The molecule has 2 aromatic heterocycles. The van der Waals surface area contributed by atoms with Crippen molar-refractivity contribution in [2.45, 2.75) is 26.2 Å². The van der Waals surface area contributed by atoms with Crippen LogP contribution in [-0.2, 0) is 0 Å². The van der Waals surface area contributed by atoms with Crippen LogP contribution in [0.1, 0.15) is 24.8 Å². The predicted molar refractivity (Wildman–Crippen MR) is 87.0 cm³/mol. The molecule has 8 heteroatoms. The Morgan fingerprint density at radius 3 is 2.70 bits per heavy atom. The zero-order valence-corrected chi connectivity index (χ0v) is 12.9. The average molecular weight is 314 g/mol. The summed E-state index contributed by atoms with van der Waals surface area (Å²) in [7, 11) is 0. The molecule has 0 unspecified atom stereocenters. The number of nitrogens with zero attached hydrogens (tertiary/aromatic N) is 5. The van der Waals surface area contributed by atoms with Crippen LogP contribution < -0.4 is 10.2 Å². The summed E-state index contributed by atoms with van der Waals surface area (Å²) in [5.74, 6) is 1.07. The van der Waals surface area contributed by atoms with Crippen LogP contribution in [0.3, 0.4) is 0 Å². The monoisotopic (exact) mass is 314 g/mol. The first-order valence-electron chi connectivity index (χ1n) is 7.59. The van der Waals surface area contributed by atoms with Crippen molar-refractivity contribution < 1.29 is 4.92 Å². The molecule has 1 saturated heterocycles. The summed E-state index contributed by atoms with van der Waals surface area (Å²) in [6.45, 7) is 3.49. The zero-order valence-electron chi connectivity index (χ0n) is 12.9. The Bertz CT molecular complexity index is 715. The highest BCUT2D eigenvalue weighted by molar-refractivity contribution is 5.73. The van der Waals surface area contributed by atoms with Gasteiger partial charge in [-0.05, 0) is 43.9 Å². The number of aryl methyl sites for hydroxylation is 1. The van der Waals surface area contributed by atoms with Crippen molar-refractivity contribution in [3.63, 3.8) is 0 Å². The third-order valence-electron chi connectivity index (χ3n) is 3.80. The molecular formula is C15H18N6O2. The van der Waals surface area contributed by atoms with Crippen molar-refractivity contribution in [2.75, 3.05) is 23.3 Å². The minimum atomic E-state index is -0.429. The minimum Gasteiger partial charge on any atom is -0.351 e. The lowest BCUT2D eigenvalue weighted by molar-refractivity contribution is -0.383. The molecule has 0 aliphatic carbocycles. The molecule has 0 spiro atoms. The van der Waals surface area contributed by atoms with Gasteiger partial charge in [0.15, 0.2) is 0 Å². The summed E-state index contributed by atoms with van der Waals surface area (Å²) >= 11 is 0. The summed E-state index contributed by atoms with van der Waals surface area (Å²) in [4.78, 5) is 25.5. The molecule has 120 valence electrons. The summed E-state index contributed by atoms with van der Waals surface area (Å²) in [6.07, 6.45) is 6.19. The molecule has 8 nitrogen and oxygen atoms in total. The van der Waals surface area contributed by atoms with Crippen molar-refractivity contribution in [1.29, 1.82) is 0 Å². The molecular weight excluding hydrogens is 296 g/mol. The fourth-order valence-electron chi connectivity index (χ4n) is 2.69. The normalized spacial score (nSPS) is 14.6. The second-order valence-corrected chi connectivity index (χ2v) is 5.54. The van der Waals surface area contributed by atoms with Crippen LogP contribution in [0.2, 0.25) is 0 Å². The summed E-state index contributed by atoms with van der Waals surface area (Å²) < 4.78 is 0. The maximum Gasteiger partial charge on any atom is 0.353 e. The fraction of sp³-hybridized carbons (Fsp3) is 0.400. The first kappa shape index (κ1) is 15.1. The topological polar surface area (TPSA) is 97.1 Å². The van der Waals surface area contributed by atoms with E-state index in [1.54, 1.807) is 6.20 Å². The van der Waals surface area contributed by atoms with Crippen LogP contribution in [0, 0.1) is 17.0 Å². The number of anilines is 3. The highest BCUT2D eigenvalue weighted by atomic mass is 16.6. The first-order chi connectivity index (χ1) is 11.1. The van der Waals surface area contributed by atoms with E-state index in [0.717, 1.165) is 37.9 Å². The van der Waals surface area contributed by atoms with E-state index in [1.165, 1.54) is 6.33 Å². The largest absolute Gasteiger partial charge is 0.353 e. The van der Waals surface area contributed by atoms with E-state index in [0.29, 0.717) is 11.6 Å². The molecule has 0 saturated carbocycles. The van der Waals surface area contributed by atoms with E-state index < -0.39 is 4.92 Å². The maximum atomic E-state index is 11.6. The molecule has 0 aromatic carbocycles. The second kappa shape index (κ2) is 6.55. The molecule has 0 radical (unpaired) electrons. The van der Waals surface area contributed by atoms with Gasteiger partial charge in [-0.2, -0.15) is 0 Å². The van der Waals surface area contributed by atoms with Gasteiger partial charge in [-0.3, -0.25) is 10.1 Å². The lowest BCUT2D eigenvalue weighted by Crippen LogP contribution is -2.31. The summed E-state index contributed by atoms with van der Waals surface area (Å²) in [5, 5.41) is 14.5. The van der Waals surface area contributed by atoms with Gasteiger partial charge in [0.1, 0.15) is 12.1 Å². The van der Waals surface area contributed by atoms with Gasteiger partial charge in [0, 0.05) is 19.3 Å². The molecule has 23 heavy (non-hydrogen) atoms. The van der Waals surface area contributed by atoms with Gasteiger partial charge < -0.3 is 10.2 Å². The Morgan fingerprint density at radius 2 is 2.00 bits per heavy atom. The van der Waals surface area contributed by atoms with Crippen LogP contribution in [0.25, 0.3) is 0 Å². The molecule has 3 heterocycles. The molecule has 1 N–H and O–H groups in total. The van der Waals surface area contributed by atoms with Gasteiger partial charge in [0.25, 0.3) is 0 Å². The van der Waals surface area contributed by atoms with Crippen LogP contribution in [0.5, 0.6) is 0 Å². The van der Waals surface area contributed by atoms with Crippen molar-refractivity contribution in [3.8, 4) is 0 Å². The number of piperidine rings is 1. The van der Waals surface area contributed by atoms with E-state index in [4.69, 9.17) is 0 Å². The molecule has 0 amide bonds. The molecule has 1 fully saturated rings. The van der Waals surface area contributed by atoms with E-state index in [-0.39, 0.29) is 11.5 Å². The van der Waals surface area contributed by atoms with Crippen molar-refractivity contribution >= 4 is 23.1 Å². The number of hydrogen-bond acceptors (Lipinski definition) is 7. The van der Waals surface area contributed by atoms with E-state index in [1.807, 2.05) is 24.0 Å². The predicted octanol–water partition coefficient (Wildman–Crippen LogP) is 2.82. The highest BCUT2D eigenvalue weighted by Gasteiger charge is 2.28. The standard InChI is InChI=1S/C15H18N6O2/c1-11-5-6-16-12(9-11)19-14-13(21(22)23)15(18-10-17-14)20-7-3-2-4-8-20/h5-6,9-10H,2-4,7-8H2,1H3,(H,16,17,18,19). The Kier molecular flexibility index (Phi) is 4.31. The smallest absolute Gasteiger partial charge is 0.351 e. The number of aromatic nitrogens is 3. The summed E-state index contributed by atoms with van der Waals surface area (Å²) in [6, 6.07) is 3.67. The lowest BCUT2D eigenvalue weighted by Gasteiger charge is -2.27. The molecule has 0 bridgehead atoms. The lowest BCUT2D eigenvalue weighted by atomic mass is 10.1. The third kappa shape index (κ3) is 3.36. The highest BCUT2D eigenvalue weighted by Crippen LogP contribution is 2.34. The van der Waals surface area contributed by atoms with Crippen molar-refractivity contribution in [3.05, 3.63) is 40.3 Å². The fourth-order valence-corrected chi connectivity index (χ4v) is 2.69. The van der Waals surface area contributed by atoms with Gasteiger partial charge in [-0.15, -0.1) is 0 Å². The van der Waals surface area contributed by atoms with Crippen LogP contribution >= 0.6 is 0 Å². The number of pyridine rings is 1. The zero-order chi connectivity index (χ0) is 16.2.